The van der Waals surface area contributed by atoms with E-state index in [-0.39, 0.29) is 17.7 Å². The summed E-state index contributed by atoms with van der Waals surface area (Å²) in [5.74, 6) is 0.411. The minimum Gasteiger partial charge on any atom is -0.504 e. The van der Waals surface area contributed by atoms with Gasteiger partial charge in [-0.15, -0.1) is 0 Å². The quantitative estimate of drug-likeness (QED) is 0.428. The Morgan fingerprint density at radius 2 is 2.03 bits per heavy atom. The molecule has 0 spiro atoms. The fourth-order valence-corrected chi connectivity index (χ4v) is 2.45. The van der Waals surface area contributed by atoms with Crippen LogP contribution in [0.3, 0.4) is 0 Å². The number of hydrogen-bond acceptors (Lipinski definition) is 11. The number of aromatic hydroxyl groups is 1. The highest BCUT2D eigenvalue weighted by Gasteiger charge is 2.16. The Balaban J connectivity index is 0.000000785. The number of benzene rings is 1. The van der Waals surface area contributed by atoms with Crippen LogP contribution in [-0.2, 0) is 9.53 Å². The number of rotatable bonds is 7. The minimum atomic E-state index is -0.833. The Labute approximate surface area is 179 Å². The summed E-state index contributed by atoms with van der Waals surface area (Å²) in [6, 6.07) is 5.22. The van der Waals surface area contributed by atoms with Gasteiger partial charge < -0.3 is 29.3 Å². The largest absolute Gasteiger partial charge is 0.504 e. The average Bonchev–Trinajstić information content (AvgIpc) is 2.76. The Morgan fingerprint density at radius 1 is 1.32 bits per heavy atom. The van der Waals surface area contributed by atoms with Crippen molar-refractivity contribution < 1.29 is 29.2 Å². The van der Waals surface area contributed by atoms with Gasteiger partial charge in [-0.2, -0.15) is 20.1 Å². The van der Waals surface area contributed by atoms with E-state index in [1.54, 1.807) is 24.4 Å². The van der Waals surface area contributed by atoms with Crippen LogP contribution in [0.4, 0.5) is 11.9 Å². The zero-order valence-corrected chi connectivity index (χ0v) is 17.6. The van der Waals surface area contributed by atoms with Crippen molar-refractivity contribution in [1.29, 1.82) is 0 Å². The third kappa shape index (κ3) is 7.93. The maximum absolute atomic E-state index is 9.92. The van der Waals surface area contributed by atoms with Crippen LogP contribution in [0.2, 0.25) is 0 Å². The van der Waals surface area contributed by atoms with Gasteiger partial charge in [0.2, 0.25) is 5.95 Å². The van der Waals surface area contributed by atoms with E-state index < -0.39 is 5.97 Å². The molecule has 168 valence electrons. The normalized spacial score (nSPS) is 13.3. The van der Waals surface area contributed by atoms with Gasteiger partial charge in [-0.25, -0.2) is 5.43 Å². The molecular weight excluding hydrogens is 408 g/mol. The lowest BCUT2D eigenvalue weighted by Gasteiger charge is -2.26. The van der Waals surface area contributed by atoms with Crippen LogP contribution in [0.1, 0.15) is 19.4 Å². The molecule has 1 saturated heterocycles. The fraction of sp³-hybridized carbons (Fsp3) is 0.421. The van der Waals surface area contributed by atoms with Crippen molar-refractivity contribution in [2.45, 2.75) is 13.8 Å². The number of hydrazone groups is 1. The van der Waals surface area contributed by atoms with Crippen molar-refractivity contribution in [3.8, 4) is 17.5 Å². The van der Waals surface area contributed by atoms with E-state index >= 15 is 0 Å². The van der Waals surface area contributed by atoms with Crippen LogP contribution in [0.15, 0.2) is 23.3 Å². The number of methoxy groups -OCH3 is 1. The van der Waals surface area contributed by atoms with Gasteiger partial charge in [0.15, 0.2) is 11.5 Å². The molecule has 0 atom stereocenters. The molecule has 0 aliphatic carbocycles. The first kappa shape index (κ1) is 23.6. The molecule has 31 heavy (non-hydrogen) atoms. The number of anilines is 2. The van der Waals surface area contributed by atoms with Crippen molar-refractivity contribution in [2.24, 2.45) is 5.10 Å². The van der Waals surface area contributed by atoms with Gasteiger partial charge >= 0.3 is 6.01 Å². The Morgan fingerprint density at radius 3 is 2.65 bits per heavy atom. The number of carboxylic acid groups (broad SMARTS) is 1. The Bertz CT molecular complexity index is 884. The molecule has 1 fully saturated rings. The van der Waals surface area contributed by atoms with E-state index in [1.165, 1.54) is 7.11 Å². The lowest BCUT2D eigenvalue weighted by Crippen LogP contribution is -2.37. The van der Waals surface area contributed by atoms with Gasteiger partial charge in [0.25, 0.3) is 11.9 Å². The van der Waals surface area contributed by atoms with Crippen molar-refractivity contribution in [3.63, 3.8) is 0 Å². The lowest BCUT2D eigenvalue weighted by atomic mass is 10.2. The molecule has 2 aromatic rings. The van der Waals surface area contributed by atoms with E-state index in [1.807, 2.05) is 11.8 Å². The maximum atomic E-state index is 9.92. The Hall–Kier alpha value is -3.67. The van der Waals surface area contributed by atoms with E-state index in [2.05, 4.69) is 25.5 Å². The second-order valence-corrected chi connectivity index (χ2v) is 6.09. The molecule has 0 bridgehead atoms. The molecule has 12 nitrogen and oxygen atoms in total. The van der Waals surface area contributed by atoms with Crippen molar-refractivity contribution in [2.75, 3.05) is 50.3 Å². The molecule has 0 radical (unpaired) electrons. The van der Waals surface area contributed by atoms with Crippen LogP contribution in [-0.4, -0.2) is 77.4 Å². The van der Waals surface area contributed by atoms with Crippen LogP contribution in [0, 0.1) is 0 Å². The summed E-state index contributed by atoms with van der Waals surface area (Å²) in [6.07, 6.45) is 1.54. The monoisotopic (exact) mass is 434 g/mol. The number of nitrogens with one attached hydrogen (secondary N) is 1. The molecule has 0 saturated carbocycles. The Kier molecular flexibility index (Phi) is 9.23. The van der Waals surface area contributed by atoms with Crippen molar-refractivity contribution in [1.82, 2.24) is 15.0 Å². The minimum absolute atomic E-state index is 0.0530. The highest BCUT2D eigenvalue weighted by Crippen LogP contribution is 2.26. The second kappa shape index (κ2) is 12.1. The summed E-state index contributed by atoms with van der Waals surface area (Å²) in [5, 5.41) is 21.4. The molecular formula is C19H26N6O6. The topological polar surface area (TPSA) is 152 Å². The molecule has 1 aromatic heterocycles. The molecule has 1 aromatic carbocycles. The van der Waals surface area contributed by atoms with E-state index in [0.29, 0.717) is 50.2 Å². The van der Waals surface area contributed by atoms with E-state index in [4.69, 9.17) is 24.1 Å². The lowest BCUT2D eigenvalue weighted by molar-refractivity contribution is -0.134. The average molecular weight is 434 g/mol. The van der Waals surface area contributed by atoms with Crippen LogP contribution >= 0.6 is 0 Å². The summed E-state index contributed by atoms with van der Waals surface area (Å²) >= 11 is 0. The summed E-state index contributed by atoms with van der Waals surface area (Å²) in [7, 11) is 1.49. The third-order valence-corrected chi connectivity index (χ3v) is 3.74. The highest BCUT2D eigenvalue weighted by atomic mass is 16.5. The number of aromatic nitrogens is 3. The summed E-state index contributed by atoms with van der Waals surface area (Å²) in [5.41, 5.74) is 3.46. The van der Waals surface area contributed by atoms with Gasteiger partial charge in [0.1, 0.15) is 0 Å². The number of carboxylic acids is 1. The SMILES string of the molecule is CC(=O)O.CCOc1ccc(/C=N/Nc2nc(OC)nc(N3CCOCC3)n2)cc1O. The number of aliphatic carboxylic acids is 1. The molecule has 0 amide bonds. The van der Waals surface area contributed by atoms with Gasteiger partial charge in [0.05, 0.1) is 33.1 Å². The van der Waals surface area contributed by atoms with Crippen LogP contribution in [0.5, 0.6) is 17.5 Å². The highest BCUT2D eigenvalue weighted by molar-refractivity contribution is 5.81. The van der Waals surface area contributed by atoms with E-state index in [0.717, 1.165) is 6.92 Å². The zero-order chi connectivity index (χ0) is 22.6. The maximum Gasteiger partial charge on any atom is 0.322 e. The van der Waals surface area contributed by atoms with Crippen molar-refractivity contribution in [3.05, 3.63) is 23.8 Å². The number of hydrogen-bond donors (Lipinski definition) is 3. The number of carbonyl (C=O) groups is 1. The number of ether oxygens (including phenoxy) is 3. The summed E-state index contributed by atoms with van der Waals surface area (Å²) in [6.45, 7) is 6.05. The van der Waals surface area contributed by atoms with Crippen LogP contribution < -0.4 is 19.8 Å². The third-order valence-electron chi connectivity index (χ3n) is 3.74. The predicted molar refractivity (Wildman–Crippen MR) is 113 cm³/mol. The van der Waals surface area contributed by atoms with Gasteiger partial charge in [-0.05, 0) is 30.7 Å². The molecule has 3 N–H and O–H groups in total. The summed E-state index contributed by atoms with van der Waals surface area (Å²) in [4.78, 5) is 23.8. The zero-order valence-electron chi connectivity index (χ0n) is 17.6. The second-order valence-electron chi connectivity index (χ2n) is 6.09. The first-order valence-corrected chi connectivity index (χ1v) is 9.50. The standard InChI is InChI=1S/C17H22N6O4.C2H4O2/c1-3-27-14-5-4-12(10-13(14)24)11-18-22-15-19-16(21-17(20-15)25-2)23-6-8-26-9-7-23;1-2(3)4/h4-5,10-11,24H,3,6-9H2,1-2H3,(H,19,20,21,22);1H3,(H,3,4)/b18-11+;. The smallest absolute Gasteiger partial charge is 0.322 e. The molecule has 1 aliphatic rings. The summed E-state index contributed by atoms with van der Waals surface area (Å²) < 4.78 is 15.8. The first-order chi connectivity index (χ1) is 14.9. The molecule has 2 heterocycles. The van der Waals surface area contributed by atoms with Gasteiger partial charge in [-0.3, -0.25) is 4.79 Å². The molecule has 12 heteroatoms. The molecule has 3 rings (SSSR count). The number of phenols is 1. The first-order valence-electron chi connectivity index (χ1n) is 9.50. The van der Waals surface area contributed by atoms with Gasteiger partial charge in [-0.1, -0.05) is 0 Å². The fourth-order valence-electron chi connectivity index (χ4n) is 2.45. The number of nitrogens with zero attached hydrogens (tertiary/aromatic N) is 5. The number of phenolic OH excluding ortho intramolecular Hbond substituents is 1. The van der Waals surface area contributed by atoms with Gasteiger partial charge in [0, 0.05) is 20.0 Å². The van der Waals surface area contributed by atoms with E-state index in [9.17, 15) is 5.11 Å². The number of morpholine rings is 1. The van der Waals surface area contributed by atoms with Crippen molar-refractivity contribution >= 4 is 24.1 Å². The molecule has 1 aliphatic heterocycles. The molecule has 0 unspecified atom stereocenters. The predicted octanol–water partition coefficient (Wildman–Crippen LogP) is 1.36. The van der Waals surface area contributed by atoms with Crippen LogP contribution in [0.25, 0.3) is 0 Å².